The molecule has 0 unspecified atom stereocenters. The van der Waals surface area contributed by atoms with Crippen LogP contribution in [-0.4, -0.2) is 17.4 Å². The van der Waals surface area contributed by atoms with Crippen molar-refractivity contribution < 1.29 is 8.42 Å². The lowest BCUT2D eigenvalue weighted by molar-refractivity contribution is 0.588. The van der Waals surface area contributed by atoms with Crippen molar-refractivity contribution in [2.75, 3.05) is 0 Å². The van der Waals surface area contributed by atoms with Gasteiger partial charge in [-0.2, -0.15) is 0 Å². The van der Waals surface area contributed by atoms with E-state index in [-0.39, 0.29) is 4.90 Å². The molecule has 0 fully saturated rings. The van der Waals surface area contributed by atoms with E-state index in [1.807, 2.05) is 6.92 Å². The van der Waals surface area contributed by atoms with Crippen molar-refractivity contribution in [3.05, 3.63) is 57.2 Å². The SMILES string of the molecule is Cc1ccc(S(=O)(=O)n2cc(Br)c3c(Br)ccnc32)cc1. The Bertz CT molecular complexity index is 932. The lowest BCUT2D eigenvalue weighted by Gasteiger charge is -2.07. The highest BCUT2D eigenvalue weighted by Crippen LogP contribution is 2.33. The quantitative estimate of drug-likeness (QED) is 0.615. The van der Waals surface area contributed by atoms with Gasteiger partial charge in [-0.1, -0.05) is 17.7 Å². The topological polar surface area (TPSA) is 52.0 Å². The summed E-state index contributed by atoms with van der Waals surface area (Å²) in [4.78, 5) is 4.43. The van der Waals surface area contributed by atoms with Crippen molar-refractivity contribution in [3.63, 3.8) is 0 Å². The van der Waals surface area contributed by atoms with E-state index in [0.717, 1.165) is 15.4 Å². The monoisotopic (exact) mass is 428 g/mol. The number of nitrogens with zero attached hydrogens (tertiary/aromatic N) is 2. The van der Waals surface area contributed by atoms with Crippen LogP contribution in [0.1, 0.15) is 5.56 Å². The minimum atomic E-state index is -3.67. The zero-order valence-electron chi connectivity index (χ0n) is 10.9. The predicted molar refractivity (Wildman–Crippen MR) is 88.9 cm³/mol. The maximum absolute atomic E-state index is 12.8. The van der Waals surface area contributed by atoms with Gasteiger partial charge in [-0.15, -0.1) is 0 Å². The number of halogens is 2. The fourth-order valence-corrected chi connectivity index (χ4v) is 4.88. The number of pyridine rings is 1. The van der Waals surface area contributed by atoms with Crippen molar-refractivity contribution >= 4 is 52.9 Å². The van der Waals surface area contributed by atoms with E-state index in [9.17, 15) is 8.42 Å². The van der Waals surface area contributed by atoms with Crippen molar-refractivity contribution in [2.45, 2.75) is 11.8 Å². The zero-order chi connectivity index (χ0) is 15.2. The summed E-state index contributed by atoms with van der Waals surface area (Å²) in [5, 5.41) is 0.730. The molecular weight excluding hydrogens is 420 g/mol. The highest BCUT2D eigenvalue weighted by Gasteiger charge is 2.22. The molecule has 21 heavy (non-hydrogen) atoms. The molecular formula is C14H10Br2N2O2S. The third kappa shape index (κ3) is 2.43. The summed E-state index contributed by atoms with van der Waals surface area (Å²) in [5.41, 5.74) is 1.39. The van der Waals surface area contributed by atoms with Crippen LogP contribution in [0.25, 0.3) is 11.0 Å². The second-order valence-corrected chi connectivity index (χ2v) is 8.11. The van der Waals surface area contributed by atoms with Crippen LogP contribution in [0.2, 0.25) is 0 Å². The van der Waals surface area contributed by atoms with Gasteiger partial charge >= 0.3 is 0 Å². The van der Waals surface area contributed by atoms with Crippen molar-refractivity contribution in [1.82, 2.24) is 8.96 Å². The van der Waals surface area contributed by atoms with E-state index in [1.54, 1.807) is 36.5 Å². The van der Waals surface area contributed by atoms with E-state index >= 15 is 0 Å². The minimum absolute atomic E-state index is 0.235. The fraction of sp³-hybridized carbons (Fsp3) is 0.0714. The standard InChI is InChI=1S/C14H10Br2N2O2S/c1-9-2-4-10(5-3-9)21(19,20)18-8-12(16)13-11(15)6-7-17-14(13)18/h2-8H,1H3. The largest absolute Gasteiger partial charge is 0.269 e. The van der Waals surface area contributed by atoms with Crippen LogP contribution in [0.4, 0.5) is 0 Å². The first-order valence-electron chi connectivity index (χ1n) is 6.04. The normalized spacial score (nSPS) is 12.0. The molecule has 0 amide bonds. The number of rotatable bonds is 2. The Labute approximate surface area is 139 Å². The highest BCUT2D eigenvalue weighted by molar-refractivity contribution is 9.11. The molecule has 2 aromatic heterocycles. The van der Waals surface area contributed by atoms with Gasteiger partial charge in [0, 0.05) is 26.7 Å². The van der Waals surface area contributed by atoms with Gasteiger partial charge in [0.05, 0.1) is 4.90 Å². The molecule has 1 aromatic carbocycles. The van der Waals surface area contributed by atoms with Gasteiger partial charge < -0.3 is 0 Å². The van der Waals surface area contributed by atoms with E-state index in [1.165, 1.54) is 10.2 Å². The summed E-state index contributed by atoms with van der Waals surface area (Å²) in [7, 11) is -3.67. The molecule has 0 bridgehead atoms. The van der Waals surface area contributed by atoms with Crippen LogP contribution in [0, 0.1) is 6.92 Å². The first kappa shape index (κ1) is 14.7. The van der Waals surface area contributed by atoms with Crippen molar-refractivity contribution in [2.24, 2.45) is 0 Å². The van der Waals surface area contributed by atoms with Gasteiger partial charge in [0.2, 0.25) is 0 Å². The number of fused-ring (bicyclic) bond motifs is 1. The van der Waals surface area contributed by atoms with Gasteiger partial charge in [-0.05, 0) is 57.0 Å². The molecule has 0 aliphatic rings. The molecule has 0 atom stereocenters. The van der Waals surface area contributed by atoms with Gasteiger partial charge in [-0.25, -0.2) is 17.4 Å². The van der Waals surface area contributed by atoms with Crippen LogP contribution >= 0.6 is 31.9 Å². The van der Waals surface area contributed by atoms with E-state index in [4.69, 9.17) is 0 Å². The molecule has 0 saturated heterocycles. The second kappa shape index (κ2) is 5.23. The number of hydrogen-bond acceptors (Lipinski definition) is 3. The lowest BCUT2D eigenvalue weighted by atomic mass is 10.2. The Morgan fingerprint density at radius 1 is 1.05 bits per heavy atom. The van der Waals surface area contributed by atoms with Gasteiger partial charge in [-0.3, -0.25) is 0 Å². The molecule has 0 N–H and O–H groups in total. The lowest BCUT2D eigenvalue weighted by Crippen LogP contribution is -2.12. The molecule has 3 rings (SSSR count). The summed E-state index contributed by atoms with van der Waals surface area (Å²) >= 11 is 6.81. The van der Waals surface area contributed by atoms with Gasteiger partial charge in [0.25, 0.3) is 10.0 Å². The average molecular weight is 430 g/mol. The molecule has 4 nitrogen and oxygen atoms in total. The maximum atomic E-state index is 12.8. The Balaban J connectivity index is 2.29. The fourth-order valence-electron chi connectivity index (χ4n) is 2.05. The third-order valence-corrected chi connectivity index (χ3v) is 6.06. The number of hydrogen-bond donors (Lipinski definition) is 0. The summed E-state index contributed by atoms with van der Waals surface area (Å²) in [6.07, 6.45) is 3.09. The summed E-state index contributed by atoms with van der Waals surface area (Å²) in [6.45, 7) is 1.91. The zero-order valence-corrected chi connectivity index (χ0v) is 14.9. The van der Waals surface area contributed by atoms with Crippen LogP contribution in [-0.2, 0) is 10.0 Å². The minimum Gasteiger partial charge on any atom is -0.237 e. The van der Waals surface area contributed by atoms with E-state index in [2.05, 4.69) is 36.8 Å². The Morgan fingerprint density at radius 3 is 2.38 bits per heavy atom. The average Bonchev–Trinajstić information content (AvgIpc) is 2.79. The maximum Gasteiger partial charge on any atom is 0.269 e. The van der Waals surface area contributed by atoms with Gasteiger partial charge in [0.1, 0.15) is 0 Å². The number of aryl methyl sites for hydroxylation is 1. The van der Waals surface area contributed by atoms with Crippen LogP contribution < -0.4 is 0 Å². The van der Waals surface area contributed by atoms with Crippen LogP contribution in [0.3, 0.4) is 0 Å². The molecule has 108 valence electrons. The van der Waals surface area contributed by atoms with Crippen LogP contribution in [0.5, 0.6) is 0 Å². The Kier molecular flexibility index (Phi) is 3.67. The summed E-state index contributed by atoms with van der Waals surface area (Å²) in [5.74, 6) is 0. The molecule has 0 spiro atoms. The molecule has 2 heterocycles. The van der Waals surface area contributed by atoms with E-state index < -0.39 is 10.0 Å². The molecule has 0 aliphatic carbocycles. The summed E-state index contributed by atoms with van der Waals surface area (Å²) < 4.78 is 28.2. The van der Waals surface area contributed by atoms with E-state index in [0.29, 0.717) is 10.1 Å². The number of benzene rings is 1. The smallest absolute Gasteiger partial charge is 0.237 e. The number of aromatic nitrogens is 2. The Morgan fingerprint density at radius 2 is 1.71 bits per heavy atom. The first-order valence-corrected chi connectivity index (χ1v) is 9.07. The van der Waals surface area contributed by atoms with Crippen molar-refractivity contribution in [1.29, 1.82) is 0 Å². The van der Waals surface area contributed by atoms with Gasteiger partial charge in [0.15, 0.2) is 5.65 Å². The Hall–Kier alpha value is -1.18. The highest BCUT2D eigenvalue weighted by atomic mass is 79.9. The second-order valence-electron chi connectivity index (χ2n) is 4.58. The molecule has 0 saturated carbocycles. The third-order valence-electron chi connectivity index (χ3n) is 3.14. The molecule has 3 aromatic rings. The van der Waals surface area contributed by atoms with Crippen LogP contribution in [0.15, 0.2) is 56.6 Å². The first-order chi connectivity index (χ1) is 9.91. The molecule has 0 radical (unpaired) electrons. The summed E-state index contributed by atoms with van der Waals surface area (Å²) in [6, 6.07) is 8.52. The molecule has 7 heteroatoms. The predicted octanol–water partition coefficient (Wildman–Crippen LogP) is 4.11. The molecule has 0 aliphatic heterocycles. The van der Waals surface area contributed by atoms with Crippen molar-refractivity contribution in [3.8, 4) is 0 Å².